The van der Waals surface area contributed by atoms with E-state index in [1.54, 1.807) is 20.8 Å². The van der Waals surface area contributed by atoms with Crippen molar-refractivity contribution < 1.29 is 153 Å². The van der Waals surface area contributed by atoms with E-state index >= 15 is 24.0 Å². The lowest BCUT2D eigenvalue weighted by Crippen LogP contribution is -2.65. The van der Waals surface area contributed by atoms with Gasteiger partial charge in [-0.25, -0.2) is 20.1 Å². The largest absolute Gasteiger partial charge is 0.573 e. The number of likely N-dealkylation sites (tertiary alicyclic amines) is 1. The van der Waals surface area contributed by atoms with E-state index in [1.165, 1.54) is 37.1 Å². The molecule has 716 valence electrons. The maximum atomic E-state index is 16.4. The third kappa shape index (κ3) is 24.2. The highest BCUT2D eigenvalue weighted by Gasteiger charge is 2.53. The van der Waals surface area contributed by atoms with Gasteiger partial charge in [-0.3, -0.25) is 43.2 Å². The molecule has 6 aromatic carbocycles. The van der Waals surface area contributed by atoms with Crippen molar-refractivity contribution in [3.8, 4) is 62.9 Å². The predicted molar refractivity (Wildman–Crippen MR) is 453 cm³/mol. The first kappa shape index (κ1) is 99.7. The molecule has 43 nitrogen and oxygen atoms in total. The van der Waals surface area contributed by atoms with Crippen LogP contribution in [0.4, 0.5) is 23.7 Å². The number of aliphatic hydroxyl groups excluding tert-OH is 6. The van der Waals surface area contributed by atoms with Gasteiger partial charge < -0.3 is 142 Å². The highest BCUT2D eigenvalue weighted by atomic mass is 35.5. The number of aliphatic hydroxyl groups is 6. The Labute approximate surface area is 760 Å². The minimum atomic E-state index is -4.91. The number of nitrogens with zero attached hydrogens (tertiary/aromatic N) is 1. The summed E-state index contributed by atoms with van der Waals surface area (Å²) in [4.78, 5) is 140. The lowest BCUT2D eigenvalue weighted by Gasteiger charge is -2.48. The van der Waals surface area contributed by atoms with Crippen molar-refractivity contribution in [2.24, 2.45) is 16.8 Å². The third-order valence-corrected chi connectivity index (χ3v) is 23.7. The number of amides is 10. The Morgan fingerprint density at radius 2 is 1.35 bits per heavy atom. The highest BCUT2D eigenvalue weighted by molar-refractivity contribution is 7.87. The minimum absolute atomic E-state index is 0.0437. The molecule has 0 radical (unpaired) electrons. The Hall–Kier alpha value is -11.3. The van der Waals surface area contributed by atoms with E-state index in [1.807, 2.05) is 10.2 Å². The van der Waals surface area contributed by atoms with Gasteiger partial charge in [-0.15, -0.1) is 13.2 Å². The summed E-state index contributed by atoms with van der Waals surface area (Å²) >= 11 is 14.4. The predicted octanol–water partition coefficient (Wildman–Crippen LogP) is 1.11. The van der Waals surface area contributed by atoms with Gasteiger partial charge in [0.2, 0.25) is 53.4 Å². The summed E-state index contributed by atoms with van der Waals surface area (Å²) in [6.45, 7) is 5.09. The number of benzene rings is 6. The summed E-state index contributed by atoms with van der Waals surface area (Å²) in [5.41, 5.74) is 3.52. The van der Waals surface area contributed by atoms with Crippen LogP contribution in [-0.4, -0.2) is 257 Å². The lowest BCUT2D eigenvalue weighted by atomic mass is 9.85. The molecule has 0 spiro atoms. The molecule has 8 aliphatic heterocycles. The van der Waals surface area contributed by atoms with Crippen LogP contribution in [0.15, 0.2) is 103 Å². The Kier molecular flexibility index (Phi) is 31.9. The van der Waals surface area contributed by atoms with Crippen LogP contribution in [0.5, 0.6) is 51.7 Å². The molecule has 11 bridgehead atoms. The molecule has 0 saturated carbocycles. The van der Waals surface area contributed by atoms with E-state index in [0.717, 1.165) is 84.9 Å². The second-order valence-corrected chi connectivity index (χ2v) is 34.7. The standard InChI is InChI=1S/C83H99Cl2F3N14O29S/c1-35(2)24-49(91-5)73(113)99-64-66(108)38-7-14-53(47(84)26-38)126-55-28-40-29-56(70(55)130-80-71(69(111)68(110)57(34-103)128-80)129-59-33-82(4,72(112)36(3)125-59)92-18-22-123-43-16-20-102(21-17-43)81(120)94-41-9-11-44(12-10-41)131-83(86,87)88)127-54-15-8-39(27-48(54)85)67(109)65-78(118)98-63(79(119)101-124-23-19-93-132(90,121)122)46-30-42(104)31-52(106)60(46)45-25-37(6-13-51(45)105)61(75(115)100-65)97-76(116)62(40)96-74(114)50(32-58(89)107)95-77(64)117/h6-15,25-31,35-36,43,49-50,57,59,61-69,71-72,80,91-93,103-106,108-112H,16-24,32-34H2,1-5H3,(H2,89,107)(H,94,120)(H,95,117)(H,96,114)(H,97,116)(H,98,118)(H,99,113)(H,100,115)(H,101,119)(H2,90,121,122)/t36?,49?,50?,57?,59?,61?,62?,63-,64?,65?,66?,67?,68?,69?,71?,72?,80?,82-/m1/s1. The number of urea groups is 1. The molecular formula is C83H99Cl2F3N14O29S. The fraction of sp³-hybridized carbons (Fsp3) is 0.458. The number of phenolic OH excluding ortho intramolecular Hbond substituents is 3. The first-order chi connectivity index (χ1) is 62.4. The van der Waals surface area contributed by atoms with Gasteiger partial charge >= 0.3 is 12.4 Å². The van der Waals surface area contributed by atoms with E-state index in [4.69, 9.17) is 72.1 Å². The van der Waals surface area contributed by atoms with Gasteiger partial charge in [0.15, 0.2) is 23.9 Å². The first-order valence-electron chi connectivity index (χ1n) is 41.3. The van der Waals surface area contributed by atoms with E-state index in [9.17, 15) is 86.7 Å². The topological polar surface area (TPSA) is 641 Å². The van der Waals surface area contributed by atoms with Crippen molar-refractivity contribution in [3.63, 3.8) is 0 Å². The van der Waals surface area contributed by atoms with Crippen LogP contribution >= 0.6 is 23.2 Å². The summed E-state index contributed by atoms with van der Waals surface area (Å²) in [6, 6.07) is 2.67. The van der Waals surface area contributed by atoms with Crippen molar-refractivity contribution in [1.29, 1.82) is 0 Å². The number of carbonyl (C=O) groups is 9. The van der Waals surface area contributed by atoms with Crippen molar-refractivity contribution in [2.45, 2.75) is 182 Å². The molecule has 6 aromatic rings. The Balaban J connectivity index is 0.958. The number of hydrogen-bond acceptors (Lipinski definition) is 31. The summed E-state index contributed by atoms with van der Waals surface area (Å²) in [5.74, 6) is -16.8. The molecule has 16 unspecified atom stereocenters. The smallest absolute Gasteiger partial charge is 0.508 e. The molecular weight excluding hydrogens is 1820 g/mol. The number of nitrogens with one attached hydrogen (secondary N) is 11. The molecule has 49 heteroatoms. The number of aromatic hydroxyl groups is 3. The van der Waals surface area contributed by atoms with Crippen LogP contribution in [0.25, 0.3) is 11.1 Å². The van der Waals surface area contributed by atoms with Crippen LogP contribution < -0.4 is 87.9 Å². The number of alkyl halides is 3. The molecule has 10 amide bonds. The number of halogens is 5. The summed E-state index contributed by atoms with van der Waals surface area (Å²) < 4.78 is 113. The third-order valence-electron chi connectivity index (χ3n) is 22.5. The van der Waals surface area contributed by atoms with Gasteiger partial charge in [-0.1, -0.05) is 55.2 Å². The number of hydrogen-bond donors (Lipinski definition) is 22. The molecule has 8 aliphatic rings. The number of phenols is 3. The molecule has 3 saturated heterocycles. The van der Waals surface area contributed by atoms with E-state index < -0.39 is 295 Å². The summed E-state index contributed by atoms with van der Waals surface area (Å²) in [7, 11) is -2.86. The number of nitrogens with two attached hydrogens (primary N) is 2. The summed E-state index contributed by atoms with van der Waals surface area (Å²) in [6.07, 6.45) is -24.2. The monoisotopic (exact) mass is 1910 g/mol. The quantitative estimate of drug-likeness (QED) is 0.0282. The van der Waals surface area contributed by atoms with Crippen LogP contribution in [0.3, 0.4) is 0 Å². The molecule has 0 aliphatic carbocycles. The number of anilines is 1. The number of likely N-dealkylation sites (N-methyl/N-ethyl adjacent to an activating group) is 1. The zero-order valence-electron chi connectivity index (χ0n) is 70.9. The molecule has 18 atom stereocenters. The van der Waals surface area contributed by atoms with E-state index in [0.29, 0.717) is 12.8 Å². The zero-order chi connectivity index (χ0) is 95.9. The van der Waals surface area contributed by atoms with Crippen molar-refractivity contribution in [2.75, 3.05) is 58.4 Å². The number of ether oxygens (including phenoxy) is 8. The number of rotatable bonds is 25. The second kappa shape index (κ2) is 42.3. The van der Waals surface area contributed by atoms with Gasteiger partial charge in [0.05, 0.1) is 60.6 Å². The van der Waals surface area contributed by atoms with Crippen molar-refractivity contribution in [1.82, 2.24) is 57.6 Å². The van der Waals surface area contributed by atoms with Gasteiger partial charge in [0.1, 0.15) is 101 Å². The van der Waals surface area contributed by atoms with Gasteiger partial charge in [-0.05, 0) is 153 Å². The molecule has 8 heterocycles. The average Bonchev–Trinajstić information content (AvgIpc) is 0.764. The van der Waals surface area contributed by atoms with Gasteiger partial charge in [0, 0.05) is 61.0 Å². The van der Waals surface area contributed by atoms with Gasteiger partial charge in [0.25, 0.3) is 16.1 Å². The minimum Gasteiger partial charge on any atom is -0.508 e. The normalized spacial score (nSPS) is 26.3. The number of fused-ring (bicyclic) bond motifs is 15. The van der Waals surface area contributed by atoms with Crippen LogP contribution in [-0.2, 0) is 72.4 Å². The van der Waals surface area contributed by atoms with Crippen LogP contribution in [0.2, 0.25) is 10.0 Å². The molecule has 132 heavy (non-hydrogen) atoms. The lowest BCUT2D eigenvalue weighted by molar-refractivity contribution is -0.334. The Morgan fingerprint density at radius 1 is 0.720 bits per heavy atom. The van der Waals surface area contributed by atoms with Crippen LogP contribution in [0.1, 0.15) is 118 Å². The molecule has 3 fully saturated rings. The Bertz CT molecular complexity index is 5410. The maximum Gasteiger partial charge on any atom is 0.573 e. The number of carbonyl (C=O) groups excluding carboxylic acids is 9. The molecule has 0 aromatic heterocycles. The van der Waals surface area contributed by atoms with Crippen molar-refractivity contribution in [3.05, 3.63) is 141 Å². The van der Waals surface area contributed by atoms with E-state index in [2.05, 4.69) is 52.6 Å². The van der Waals surface area contributed by atoms with Gasteiger partial charge in [-0.2, -0.15) is 8.42 Å². The fourth-order valence-electron chi connectivity index (χ4n) is 15.8. The summed E-state index contributed by atoms with van der Waals surface area (Å²) in [5, 5.41) is 134. The number of piperidine rings is 1. The fourth-order valence-corrected chi connectivity index (χ4v) is 16.6. The van der Waals surface area contributed by atoms with Crippen molar-refractivity contribution >= 4 is 92.4 Å². The first-order valence-corrected chi connectivity index (χ1v) is 43.6. The SMILES string of the molecule is CNC(CC(C)C)C(=O)NC1C(=O)NC(CC(N)=O)C(=O)NC2C(=O)NC3C(=O)NC(C(=O)N[C@@H](C(=O)NOCCNS(N)(=O)=O)c4cc(O)cc(O)c4-c4cc3ccc4O)C(O)c3ccc(c(Cl)c3)Oc3cc2cc(c3OC2OC(CO)C(O)C(O)C2OC2C[C@@](C)(NCCOC3CCN(C(=O)Nc4ccc(OC(F)(F)F)cc4)CC3)C(O)C(C)O2)Oc2ccc(cc2Cl)C1O. The molecule has 14 rings (SSSR count). The maximum absolute atomic E-state index is 16.4. The van der Waals surface area contributed by atoms with Crippen LogP contribution in [0, 0.1) is 5.92 Å². The highest BCUT2D eigenvalue weighted by Crippen LogP contribution is 2.50. The Morgan fingerprint density at radius 3 is 1.96 bits per heavy atom. The second-order valence-electron chi connectivity index (χ2n) is 32.5. The number of hydroxylamine groups is 1. The zero-order valence-corrected chi connectivity index (χ0v) is 73.2. The van der Waals surface area contributed by atoms with E-state index in [-0.39, 0.29) is 67.9 Å². The molecule has 24 N–H and O–H groups in total. The average molecular weight is 1920 g/mol. The number of primary amides is 1.